The van der Waals surface area contributed by atoms with Crippen molar-refractivity contribution in [2.45, 2.75) is 19.8 Å². The molecule has 1 N–H and O–H groups in total. The highest BCUT2D eigenvalue weighted by atomic mass is 19.1. The lowest BCUT2D eigenvalue weighted by molar-refractivity contribution is 0.396. The molecule has 2 heterocycles. The van der Waals surface area contributed by atoms with Crippen molar-refractivity contribution >= 4 is 10.9 Å². The molecule has 4 nitrogen and oxygen atoms in total. The molecule has 0 atom stereocenters. The molecule has 0 spiro atoms. The molecule has 0 aliphatic carbocycles. The number of ether oxygens (including phenoxy) is 1. The van der Waals surface area contributed by atoms with Crippen molar-refractivity contribution in [3.05, 3.63) is 42.1 Å². The number of halogens is 1. The third kappa shape index (κ3) is 2.46. The van der Waals surface area contributed by atoms with Gasteiger partial charge in [-0.25, -0.2) is 14.4 Å². The molecule has 5 heteroatoms. The molecule has 21 heavy (non-hydrogen) atoms. The van der Waals surface area contributed by atoms with Gasteiger partial charge >= 0.3 is 0 Å². The number of aromatic amines is 1. The summed E-state index contributed by atoms with van der Waals surface area (Å²) in [5.41, 5.74) is 2.89. The Kier molecular flexibility index (Phi) is 3.33. The number of benzene rings is 1. The first-order valence-electron chi connectivity index (χ1n) is 6.77. The molecule has 3 aromatic rings. The van der Waals surface area contributed by atoms with E-state index in [0.717, 1.165) is 16.6 Å². The number of hydrogen-bond acceptors (Lipinski definition) is 3. The van der Waals surface area contributed by atoms with E-state index in [1.165, 1.54) is 25.6 Å². The smallest absolute Gasteiger partial charge is 0.232 e. The molecule has 2 aromatic heterocycles. The molecule has 0 amide bonds. The van der Waals surface area contributed by atoms with Crippen LogP contribution in [0.5, 0.6) is 5.88 Å². The van der Waals surface area contributed by atoms with Crippen molar-refractivity contribution in [3.63, 3.8) is 0 Å². The van der Waals surface area contributed by atoms with Crippen LogP contribution in [0, 0.1) is 5.82 Å². The third-order valence-corrected chi connectivity index (χ3v) is 3.46. The molecule has 0 bridgehead atoms. The highest BCUT2D eigenvalue weighted by molar-refractivity contribution is 5.85. The average Bonchev–Trinajstić information content (AvgIpc) is 2.89. The minimum absolute atomic E-state index is 0.309. The standard InChI is InChI=1S/C16H16FN3O/c1-9(2)13-5-10-4-12(17)11(6-14(10)20-13)15-7-19-16(21-3)8-18-15/h4-9,20H,1-3H3. The van der Waals surface area contributed by atoms with E-state index in [1.807, 2.05) is 6.07 Å². The third-order valence-electron chi connectivity index (χ3n) is 3.46. The first kappa shape index (κ1) is 13.5. The molecule has 108 valence electrons. The topological polar surface area (TPSA) is 50.8 Å². The Morgan fingerprint density at radius 3 is 2.57 bits per heavy atom. The van der Waals surface area contributed by atoms with Crippen molar-refractivity contribution in [1.29, 1.82) is 0 Å². The SMILES string of the molecule is COc1cnc(-c2cc3[nH]c(C(C)C)cc3cc2F)cn1. The molecule has 1 aromatic carbocycles. The summed E-state index contributed by atoms with van der Waals surface area (Å²) in [6.45, 7) is 4.19. The van der Waals surface area contributed by atoms with Gasteiger partial charge < -0.3 is 9.72 Å². The largest absolute Gasteiger partial charge is 0.480 e. The number of fused-ring (bicyclic) bond motifs is 1. The predicted octanol–water partition coefficient (Wildman–Crippen LogP) is 3.90. The van der Waals surface area contributed by atoms with Gasteiger partial charge in [0.25, 0.3) is 0 Å². The van der Waals surface area contributed by atoms with Crippen LogP contribution in [0.3, 0.4) is 0 Å². The van der Waals surface area contributed by atoms with E-state index in [2.05, 4.69) is 28.8 Å². The molecule has 0 radical (unpaired) electrons. The Bertz CT molecular complexity index is 778. The summed E-state index contributed by atoms with van der Waals surface area (Å²) in [7, 11) is 1.52. The first-order valence-corrected chi connectivity index (χ1v) is 6.77. The Balaban J connectivity index is 2.10. The maximum Gasteiger partial charge on any atom is 0.232 e. The molecule has 0 saturated carbocycles. The number of nitrogens with one attached hydrogen (secondary N) is 1. The van der Waals surface area contributed by atoms with Gasteiger partial charge in [-0.15, -0.1) is 0 Å². The van der Waals surface area contributed by atoms with Gasteiger partial charge in [-0.3, -0.25) is 0 Å². The van der Waals surface area contributed by atoms with Gasteiger partial charge in [0.2, 0.25) is 5.88 Å². The van der Waals surface area contributed by atoms with E-state index in [0.29, 0.717) is 23.1 Å². The average molecular weight is 285 g/mol. The Morgan fingerprint density at radius 2 is 1.95 bits per heavy atom. The van der Waals surface area contributed by atoms with Gasteiger partial charge in [-0.1, -0.05) is 13.8 Å². The Morgan fingerprint density at radius 1 is 1.14 bits per heavy atom. The van der Waals surface area contributed by atoms with Gasteiger partial charge in [-0.2, -0.15) is 0 Å². The second kappa shape index (κ2) is 5.16. The van der Waals surface area contributed by atoms with E-state index in [4.69, 9.17) is 4.74 Å². The zero-order valence-corrected chi connectivity index (χ0v) is 12.1. The van der Waals surface area contributed by atoms with Gasteiger partial charge in [0.1, 0.15) is 5.82 Å². The van der Waals surface area contributed by atoms with Crippen molar-refractivity contribution in [2.24, 2.45) is 0 Å². The fourth-order valence-electron chi connectivity index (χ4n) is 2.24. The van der Waals surface area contributed by atoms with Gasteiger partial charge in [-0.05, 0) is 24.1 Å². The maximum atomic E-state index is 14.3. The normalized spacial score (nSPS) is 11.3. The monoisotopic (exact) mass is 285 g/mol. The minimum atomic E-state index is -0.309. The van der Waals surface area contributed by atoms with E-state index < -0.39 is 0 Å². The van der Waals surface area contributed by atoms with Crippen LogP contribution < -0.4 is 4.74 Å². The maximum absolute atomic E-state index is 14.3. The second-order valence-corrected chi connectivity index (χ2v) is 5.24. The Labute approximate surface area is 122 Å². The number of rotatable bonds is 3. The quantitative estimate of drug-likeness (QED) is 0.794. The molecular formula is C16H16FN3O. The molecule has 0 fully saturated rings. The zero-order valence-electron chi connectivity index (χ0n) is 12.1. The van der Waals surface area contributed by atoms with Crippen LogP contribution in [0.1, 0.15) is 25.5 Å². The van der Waals surface area contributed by atoms with Crippen LogP contribution in [-0.4, -0.2) is 22.1 Å². The summed E-state index contributed by atoms with van der Waals surface area (Å²) >= 11 is 0. The summed E-state index contributed by atoms with van der Waals surface area (Å²) in [5.74, 6) is 0.461. The summed E-state index contributed by atoms with van der Waals surface area (Å²) in [5, 5.41) is 0.862. The minimum Gasteiger partial charge on any atom is -0.480 e. The Hall–Kier alpha value is -2.43. The highest BCUT2D eigenvalue weighted by Gasteiger charge is 2.12. The predicted molar refractivity (Wildman–Crippen MR) is 79.9 cm³/mol. The van der Waals surface area contributed by atoms with Crippen molar-refractivity contribution in [2.75, 3.05) is 7.11 Å². The van der Waals surface area contributed by atoms with E-state index >= 15 is 0 Å². The van der Waals surface area contributed by atoms with E-state index in [9.17, 15) is 4.39 Å². The number of methoxy groups -OCH3 is 1. The lowest BCUT2D eigenvalue weighted by atomic mass is 10.1. The molecule has 0 unspecified atom stereocenters. The highest BCUT2D eigenvalue weighted by Crippen LogP contribution is 2.28. The molecular weight excluding hydrogens is 269 g/mol. The molecule has 3 rings (SSSR count). The van der Waals surface area contributed by atoms with Crippen LogP contribution in [0.25, 0.3) is 22.2 Å². The van der Waals surface area contributed by atoms with Crippen LogP contribution in [0.2, 0.25) is 0 Å². The van der Waals surface area contributed by atoms with E-state index in [1.54, 1.807) is 6.07 Å². The lowest BCUT2D eigenvalue weighted by Gasteiger charge is -2.04. The summed E-state index contributed by atoms with van der Waals surface area (Å²) in [6.07, 6.45) is 2.99. The first-order chi connectivity index (χ1) is 10.1. The van der Waals surface area contributed by atoms with E-state index in [-0.39, 0.29) is 5.82 Å². The number of hydrogen-bond donors (Lipinski definition) is 1. The van der Waals surface area contributed by atoms with Crippen molar-refractivity contribution in [1.82, 2.24) is 15.0 Å². The number of nitrogens with zero attached hydrogens (tertiary/aromatic N) is 2. The molecule has 0 aliphatic rings. The summed E-state index contributed by atoms with van der Waals surface area (Å²) in [6, 6.07) is 5.28. The molecule has 0 saturated heterocycles. The molecule has 0 aliphatic heterocycles. The van der Waals surface area contributed by atoms with Crippen LogP contribution in [0.15, 0.2) is 30.6 Å². The van der Waals surface area contributed by atoms with Crippen molar-refractivity contribution < 1.29 is 9.13 Å². The summed E-state index contributed by atoms with van der Waals surface area (Å²) < 4.78 is 19.2. The summed E-state index contributed by atoms with van der Waals surface area (Å²) in [4.78, 5) is 11.6. The van der Waals surface area contributed by atoms with Gasteiger partial charge in [0.15, 0.2) is 0 Å². The van der Waals surface area contributed by atoms with Crippen LogP contribution >= 0.6 is 0 Å². The number of aromatic nitrogens is 3. The lowest BCUT2D eigenvalue weighted by Crippen LogP contribution is -1.92. The van der Waals surface area contributed by atoms with Gasteiger partial charge in [0, 0.05) is 22.2 Å². The fourth-order valence-corrected chi connectivity index (χ4v) is 2.24. The van der Waals surface area contributed by atoms with Crippen molar-refractivity contribution in [3.8, 4) is 17.1 Å². The van der Waals surface area contributed by atoms with Gasteiger partial charge in [0.05, 0.1) is 25.2 Å². The van der Waals surface area contributed by atoms with Crippen LogP contribution in [0.4, 0.5) is 4.39 Å². The zero-order chi connectivity index (χ0) is 15.0. The second-order valence-electron chi connectivity index (χ2n) is 5.24. The van der Waals surface area contributed by atoms with Crippen LogP contribution in [-0.2, 0) is 0 Å². The number of H-pyrrole nitrogens is 1. The fraction of sp³-hybridized carbons (Fsp3) is 0.250.